The van der Waals surface area contributed by atoms with Crippen LogP contribution in [0.3, 0.4) is 0 Å². The lowest BCUT2D eigenvalue weighted by Crippen LogP contribution is -2.03. The molecule has 0 aliphatic heterocycles. The molecule has 124 valence electrons. The summed E-state index contributed by atoms with van der Waals surface area (Å²) >= 11 is 0. The van der Waals surface area contributed by atoms with E-state index in [2.05, 4.69) is 16.5 Å². The molecule has 3 rings (SSSR count). The van der Waals surface area contributed by atoms with Crippen LogP contribution in [0, 0.1) is 5.82 Å². The summed E-state index contributed by atoms with van der Waals surface area (Å²) in [6, 6.07) is 11.6. The fourth-order valence-electron chi connectivity index (χ4n) is 2.73. The van der Waals surface area contributed by atoms with Crippen molar-refractivity contribution in [2.24, 2.45) is 0 Å². The van der Waals surface area contributed by atoms with E-state index in [4.69, 9.17) is 4.74 Å². The number of benzene rings is 2. The lowest BCUT2D eigenvalue weighted by Gasteiger charge is -2.09. The Balaban J connectivity index is 2.17. The van der Waals surface area contributed by atoms with Gasteiger partial charge in [0, 0.05) is 12.1 Å². The van der Waals surface area contributed by atoms with E-state index in [-0.39, 0.29) is 11.8 Å². The molecule has 0 saturated heterocycles. The second kappa shape index (κ2) is 6.83. The van der Waals surface area contributed by atoms with Crippen LogP contribution in [0.1, 0.15) is 30.1 Å². The van der Waals surface area contributed by atoms with Crippen molar-refractivity contribution in [1.82, 2.24) is 9.55 Å². The molecule has 0 spiro atoms. The number of aromatic nitrogens is 2. The van der Waals surface area contributed by atoms with Crippen molar-refractivity contribution < 1.29 is 13.9 Å². The molecule has 4 nitrogen and oxygen atoms in total. The monoisotopic (exact) mass is 326 g/mol. The van der Waals surface area contributed by atoms with Crippen LogP contribution >= 0.6 is 0 Å². The number of unbranched alkanes of at least 4 members (excludes halogenated alkanes) is 1. The minimum absolute atomic E-state index is 0.275. The van der Waals surface area contributed by atoms with Crippen molar-refractivity contribution in [1.29, 1.82) is 0 Å². The fraction of sp³-hybridized carbons (Fsp3) is 0.263. The number of halogens is 1. The van der Waals surface area contributed by atoms with Crippen molar-refractivity contribution in [2.75, 3.05) is 7.11 Å². The SMILES string of the molecule is CCCCn1c(-c2ccc(F)cc2)nc2ccc(C(=O)OC)cc21. The van der Waals surface area contributed by atoms with Gasteiger partial charge in [-0.2, -0.15) is 0 Å². The van der Waals surface area contributed by atoms with Gasteiger partial charge in [-0.25, -0.2) is 14.2 Å². The lowest BCUT2D eigenvalue weighted by molar-refractivity contribution is 0.0601. The molecule has 3 aromatic rings. The largest absolute Gasteiger partial charge is 0.465 e. The van der Waals surface area contributed by atoms with Crippen LogP contribution in [-0.2, 0) is 11.3 Å². The number of esters is 1. The van der Waals surface area contributed by atoms with Crippen molar-refractivity contribution in [3.8, 4) is 11.4 Å². The molecule has 0 radical (unpaired) electrons. The topological polar surface area (TPSA) is 44.1 Å². The predicted molar refractivity (Wildman–Crippen MR) is 91.4 cm³/mol. The summed E-state index contributed by atoms with van der Waals surface area (Å²) in [6.07, 6.45) is 2.03. The van der Waals surface area contributed by atoms with Gasteiger partial charge in [0.1, 0.15) is 11.6 Å². The summed E-state index contributed by atoms with van der Waals surface area (Å²) < 4.78 is 20.1. The highest BCUT2D eigenvalue weighted by molar-refractivity contribution is 5.94. The summed E-state index contributed by atoms with van der Waals surface area (Å²) in [5.74, 6) is 0.131. The molecule has 0 bridgehead atoms. The second-order valence-electron chi connectivity index (χ2n) is 5.64. The van der Waals surface area contributed by atoms with E-state index in [0.717, 1.165) is 41.8 Å². The molecule has 0 unspecified atom stereocenters. The third-order valence-electron chi connectivity index (χ3n) is 4.01. The highest BCUT2D eigenvalue weighted by Crippen LogP contribution is 2.26. The molecule has 0 aliphatic carbocycles. The van der Waals surface area contributed by atoms with Gasteiger partial charge in [-0.3, -0.25) is 0 Å². The number of methoxy groups -OCH3 is 1. The van der Waals surface area contributed by atoms with E-state index >= 15 is 0 Å². The first kappa shape index (κ1) is 16.2. The van der Waals surface area contributed by atoms with E-state index in [1.54, 1.807) is 24.3 Å². The Labute approximate surface area is 139 Å². The zero-order valence-electron chi connectivity index (χ0n) is 13.8. The first-order valence-electron chi connectivity index (χ1n) is 7.98. The number of carbonyl (C=O) groups excluding carboxylic acids is 1. The van der Waals surface area contributed by atoms with Crippen LogP contribution in [0.5, 0.6) is 0 Å². The summed E-state index contributed by atoms with van der Waals surface area (Å²) in [5.41, 5.74) is 3.03. The first-order chi connectivity index (χ1) is 11.6. The van der Waals surface area contributed by atoms with Gasteiger partial charge in [-0.1, -0.05) is 13.3 Å². The van der Waals surface area contributed by atoms with E-state index in [1.165, 1.54) is 19.2 Å². The standard InChI is InChI=1S/C19H19FN2O2/c1-3-4-11-22-17-12-14(19(23)24-2)7-10-16(17)21-18(22)13-5-8-15(20)9-6-13/h5-10,12H,3-4,11H2,1-2H3. The number of imidazole rings is 1. The van der Waals surface area contributed by atoms with Gasteiger partial charge in [-0.15, -0.1) is 0 Å². The summed E-state index contributed by atoms with van der Waals surface area (Å²) in [4.78, 5) is 16.5. The van der Waals surface area contributed by atoms with Crippen LogP contribution in [0.25, 0.3) is 22.4 Å². The molecule has 0 saturated carbocycles. The van der Waals surface area contributed by atoms with E-state index in [9.17, 15) is 9.18 Å². The highest BCUT2D eigenvalue weighted by atomic mass is 19.1. The second-order valence-corrected chi connectivity index (χ2v) is 5.64. The predicted octanol–water partition coefficient (Wildman–Crippen LogP) is 4.43. The summed E-state index contributed by atoms with van der Waals surface area (Å²) in [6.45, 7) is 2.90. The van der Waals surface area contributed by atoms with Crippen molar-refractivity contribution in [3.05, 3.63) is 53.8 Å². The number of aryl methyl sites for hydroxylation is 1. The van der Waals surface area contributed by atoms with Gasteiger partial charge in [-0.05, 0) is 48.9 Å². The molecule has 0 aliphatic rings. The average Bonchev–Trinajstić information content (AvgIpc) is 2.97. The Bertz CT molecular complexity index is 869. The number of hydrogen-bond acceptors (Lipinski definition) is 3. The van der Waals surface area contributed by atoms with Crippen molar-refractivity contribution in [3.63, 3.8) is 0 Å². The van der Waals surface area contributed by atoms with Gasteiger partial charge < -0.3 is 9.30 Å². The number of ether oxygens (including phenoxy) is 1. The fourth-order valence-corrected chi connectivity index (χ4v) is 2.73. The van der Waals surface area contributed by atoms with E-state index in [1.807, 2.05) is 6.07 Å². The number of hydrogen-bond donors (Lipinski definition) is 0. The minimum Gasteiger partial charge on any atom is -0.465 e. The van der Waals surface area contributed by atoms with Gasteiger partial charge in [0.2, 0.25) is 0 Å². The van der Waals surface area contributed by atoms with Crippen LogP contribution in [0.4, 0.5) is 4.39 Å². The third-order valence-corrected chi connectivity index (χ3v) is 4.01. The average molecular weight is 326 g/mol. The zero-order valence-corrected chi connectivity index (χ0v) is 13.8. The maximum absolute atomic E-state index is 13.2. The minimum atomic E-state index is -0.372. The Morgan fingerprint density at radius 1 is 1.21 bits per heavy atom. The molecule has 1 heterocycles. The van der Waals surface area contributed by atoms with Gasteiger partial charge in [0.15, 0.2) is 0 Å². The molecule has 5 heteroatoms. The molecule has 0 fully saturated rings. The van der Waals surface area contributed by atoms with Crippen LogP contribution in [-0.4, -0.2) is 22.6 Å². The van der Waals surface area contributed by atoms with Crippen molar-refractivity contribution >= 4 is 17.0 Å². The molecular formula is C19H19FN2O2. The van der Waals surface area contributed by atoms with Gasteiger partial charge in [0.05, 0.1) is 23.7 Å². The molecule has 0 N–H and O–H groups in total. The van der Waals surface area contributed by atoms with Crippen molar-refractivity contribution in [2.45, 2.75) is 26.3 Å². The first-order valence-corrected chi connectivity index (χ1v) is 7.98. The Morgan fingerprint density at radius 3 is 2.62 bits per heavy atom. The van der Waals surface area contributed by atoms with E-state index in [0.29, 0.717) is 5.56 Å². The number of carbonyl (C=O) groups is 1. The van der Waals surface area contributed by atoms with Crippen LogP contribution in [0.15, 0.2) is 42.5 Å². The Morgan fingerprint density at radius 2 is 1.96 bits per heavy atom. The molecule has 0 amide bonds. The molecule has 24 heavy (non-hydrogen) atoms. The number of nitrogens with zero attached hydrogens (tertiary/aromatic N) is 2. The lowest BCUT2D eigenvalue weighted by atomic mass is 10.2. The third kappa shape index (κ3) is 3.02. The zero-order chi connectivity index (χ0) is 17.1. The van der Waals surface area contributed by atoms with Gasteiger partial charge in [0.25, 0.3) is 0 Å². The number of fused-ring (bicyclic) bond motifs is 1. The molecular weight excluding hydrogens is 307 g/mol. The summed E-state index contributed by atoms with van der Waals surface area (Å²) in [5, 5.41) is 0. The summed E-state index contributed by atoms with van der Waals surface area (Å²) in [7, 11) is 1.37. The molecule has 1 aromatic heterocycles. The van der Waals surface area contributed by atoms with Crippen LogP contribution in [0.2, 0.25) is 0 Å². The number of rotatable bonds is 5. The molecule has 0 atom stereocenters. The normalized spacial score (nSPS) is 11.0. The highest BCUT2D eigenvalue weighted by Gasteiger charge is 2.15. The molecule has 2 aromatic carbocycles. The quantitative estimate of drug-likeness (QED) is 0.652. The van der Waals surface area contributed by atoms with E-state index < -0.39 is 0 Å². The van der Waals surface area contributed by atoms with Crippen LogP contribution < -0.4 is 0 Å². The van der Waals surface area contributed by atoms with Gasteiger partial charge >= 0.3 is 5.97 Å². The Hall–Kier alpha value is -2.69. The smallest absolute Gasteiger partial charge is 0.337 e. The Kier molecular flexibility index (Phi) is 4.60. The maximum atomic E-state index is 13.2. The maximum Gasteiger partial charge on any atom is 0.337 e.